The van der Waals surface area contributed by atoms with Crippen molar-refractivity contribution >= 4 is 5.97 Å². The highest BCUT2D eigenvalue weighted by Gasteiger charge is 2.72. The van der Waals surface area contributed by atoms with Crippen molar-refractivity contribution in [2.75, 3.05) is 13.2 Å². The second kappa shape index (κ2) is 11.4. The Bertz CT molecular complexity index is 1270. The summed E-state index contributed by atoms with van der Waals surface area (Å²) in [7, 11) is 0. The number of fused-ring (bicyclic) bond motifs is 7. The summed E-state index contributed by atoms with van der Waals surface area (Å²) in [5.74, 6) is -1.08. The van der Waals surface area contributed by atoms with Crippen LogP contribution in [0.15, 0.2) is 11.6 Å². The standard InChI is InChI=1S/C36H58O11/c1-31(2)11-13-36(30(45)47-29-26(42)25(41)24(40)20(16-37)46-29)14-12-34(5)18(23(36)28(31)44)7-8-22-32(3)15-19(39)27(43)33(4,17-38)21(32)9-10-35(22,34)6/h7,19-29,37-44H,8-17H2,1-6H3/t19-,20-,21?,22?,23+,24-,25+,26-,27+,28+,29+,32+,33-,34-,35-,36+/m1/s1. The number of aliphatic hydroxyl groups excluding tert-OH is 8. The SMILES string of the molecule is CC1(C)CC[C@]2(C(=O)O[C@@H]3O[C@H](CO)[C@@H](O)[C@H](O)[C@H]3O)CC[C@]3(C)C(=CCC4[C@@]5(C)C[C@@H](O)[C@H](O)[C@](C)(CO)C5CC[C@]43C)[C@H]2[C@@H]1O. The van der Waals surface area contributed by atoms with E-state index in [1.165, 1.54) is 0 Å². The number of carbonyl (C=O) groups excluding carboxylic acids is 1. The fourth-order valence-corrected chi connectivity index (χ4v) is 12.1. The zero-order valence-electron chi connectivity index (χ0n) is 28.8. The molecule has 6 rings (SSSR count). The molecular formula is C36H58O11. The lowest BCUT2D eigenvalue weighted by Gasteiger charge is -2.71. The Balaban J connectivity index is 1.39. The van der Waals surface area contributed by atoms with Crippen molar-refractivity contribution in [3.05, 3.63) is 11.6 Å². The summed E-state index contributed by atoms with van der Waals surface area (Å²) in [5.41, 5.74) is -2.46. The molecule has 0 aromatic rings. The molecule has 0 spiro atoms. The number of carbonyl (C=O) groups is 1. The van der Waals surface area contributed by atoms with Crippen molar-refractivity contribution in [3.63, 3.8) is 0 Å². The highest BCUT2D eigenvalue weighted by molar-refractivity contribution is 5.79. The quantitative estimate of drug-likeness (QED) is 0.160. The Kier molecular flexibility index (Phi) is 8.68. The molecule has 1 saturated heterocycles. The Labute approximate surface area is 278 Å². The monoisotopic (exact) mass is 666 g/mol. The van der Waals surface area contributed by atoms with Crippen LogP contribution < -0.4 is 0 Å². The minimum atomic E-state index is -1.72. The number of ether oxygens (including phenoxy) is 2. The van der Waals surface area contributed by atoms with Gasteiger partial charge < -0.3 is 50.3 Å². The van der Waals surface area contributed by atoms with Crippen molar-refractivity contribution in [1.29, 1.82) is 0 Å². The normalized spacial score (nSPS) is 55.4. The molecule has 1 aliphatic heterocycles. The average Bonchev–Trinajstić information content (AvgIpc) is 3.02. The van der Waals surface area contributed by atoms with E-state index >= 15 is 0 Å². The van der Waals surface area contributed by atoms with Crippen LogP contribution in [-0.2, 0) is 14.3 Å². The van der Waals surface area contributed by atoms with Crippen LogP contribution in [-0.4, -0.2) is 109 Å². The maximum absolute atomic E-state index is 14.4. The van der Waals surface area contributed by atoms with Gasteiger partial charge in [-0.2, -0.15) is 0 Å². The molecule has 11 nitrogen and oxygen atoms in total. The molecule has 16 atom stereocenters. The number of allylic oxidation sites excluding steroid dienone is 1. The van der Waals surface area contributed by atoms with Crippen LogP contribution in [0.2, 0.25) is 0 Å². The zero-order valence-corrected chi connectivity index (χ0v) is 28.8. The molecule has 0 aromatic carbocycles. The Morgan fingerprint density at radius 2 is 1.51 bits per heavy atom. The molecule has 0 bridgehead atoms. The van der Waals surface area contributed by atoms with E-state index in [1.807, 2.05) is 20.8 Å². The third kappa shape index (κ3) is 4.67. The molecule has 6 aliphatic rings. The second-order valence-corrected chi connectivity index (χ2v) is 17.8. The molecule has 11 heteroatoms. The number of hydrogen-bond donors (Lipinski definition) is 8. The molecule has 0 aromatic heterocycles. The van der Waals surface area contributed by atoms with E-state index in [0.717, 1.165) is 18.4 Å². The lowest BCUT2D eigenvalue weighted by molar-refractivity contribution is -0.298. The van der Waals surface area contributed by atoms with E-state index in [4.69, 9.17) is 9.47 Å². The Morgan fingerprint density at radius 1 is 0.851 bits per heavy atom. The average molecular weight is 667 g/mol. The lowest BCUT2D eigenvalue weighted by Crippen LogP contribution is -2.69. The Morgan fingerprint density at radius 3 is 2.15 bits per heavy atom. The van der Waals surface area contributed by atoms with E-state index in [9.17, 15) is 45.6 Å². The van der Waals surface area contributed by atoms with E-state index in [-0.39, 0.29) is 29.3 Å². The van der Waals surface area contributed by atoms with Crippen molar-refractivity contribution in [1.82, 2.24) is 0 Å². The summed E-state index contributed by atoms with van der Waals surface area (Å²) < 4.78 is 11.4. The van der Waals surface area contributed by atoms with Crippen LogP contribution in [0, 0.1) is 50.2 Å². The number of hydrogen-bond acceptors (Lipinski definition) is 11. The largest absolute Gasteiger partial charge is 0.432 e. The predicted octanol–water partition coefficient (Wildman–Crippen LogP) is 1.41. The fourth-order valence-electron chi connectivity index (χ4n) is 12.1. The first kappa shape index (κ1) is 35.7. The van der Waals surface area contributed by atoms with Gasteiger partial charge >= 0.3 is 5.97 Å². The highest BCUT2D eigenvalue weighted by Crippen LogP contribution is 2.75. The Hall–Kier alpha value is -1.15. The van der Waals surface area contributed by atoms with Gasteiger partial charge in [0.1, 0.15) is 24.4 Å². The predicted molar refractivity (Wildman–Crippen MR) is 169 cm³/mol. The third-order valence-electron chi connectivity index (χ3n) is 15.4. The van der Waals surface area contributed by atoms with E-state index in [1.54, 1.807) is 0 Å². The molecule has 0 amide bonds. The molecule has 4 saturated carbocycles. The van der Waals surface area contributed by atoms with E-state index in [2.05, 4.69) is 26.8 Å². The molecule has 2 unspecified atom stereocenters. The van der Waals surface area contributed by atoms with Crippen LogP contribution >= 0.6 is 0 Å². The molecule has 0 radical (unpaired) electrons. The second-order valence-electron chi connectivity index (χ2n) is 17.8. The van der Waals surface area contributed by atoms with Gasteiger partial charge in [-0.05, 0) is 84.9 Å². The number of esters is 1. The van der Waals surface area contributed by atoms with Gasteiger partial charge in [0, 0.05) is 11.3 Å². The van der Waals surface area contributed by atoms with Crippen molar-refractivity contribution in [3.8, 4) is 0 Å². The summed E-state index contributed by atoms with van der Waals surface area (Å²) >= 11 is 0. The maximum atomic E-state index is 14.4. The van der Waals surface area contributed by atoms with Gasteiger partial charge in [-0.25, -0.2) is 0 Å². The molecule has 47 heavy (non-hydrogen) atoms. The first-order valence-electron chi connectivity index (χ1n) is 17.7. The first-order chi connectivity index (χ1) is 21.8. The molecule has 5 fully saturated rings. The third-order valence-corrected chi connectivity index (χ3v) is 15.4. The van der Waals surface area contributed by atoms with Crippen molar-refractivity contribution < 1.29 is 55.1 Å². The zero-order chi connectivity index (χ0) is 34.7. The summed E-state index contributed by atoms with van der Waals surface area (Å²) in [5, 5.41) is 85.9. The topological polar surface area (TPSA) is 197 Å². The molecular weight excluding hydrogens is 608 g/mol. The summed E-state index contributed by atoms with van der Waals surface area (Å²) in [6, 6.07) is 0. The minimum absolute atomic E-state index is 0.00502. The van der Waals surface area contributed by atoms with Crippen LogP contribution in [0.1, 0.15) is 92.9 Å². The van der Waals surface area contributed by atoms with Crippen molar-refractivity contribution in [2.24, 2.45) is 50.2 Å². The number of aliphatic hydroxyl groups is 8. The summed E-state index contributed by atoms with van der Waals surface area (Å²) in [4.78, 5) is 14.4. The van der Waals surface area contributed by atoms with Gasteiger partial charge in [0.2, 0.25) is 6.29 Å². The summed E-state index contributed by atoms with van der Waals surface area (Å²) in [6.45, 7) is 11.9. The van der Waals surface area contributed by atoms with Crippen LogP contribution in [0.5, 0.6) is 0 Å². The fraction of sp³-hybridized carbons (Fsp3) is 0.917. The lowest BCUT2D eigenvalue weighted by atomic mass is 9.33. The van der Waals surface area contributed by atoms with Gasteiger partial charge in [-0.3, -0.25) is 4.79 Å². The smallest absolute Gasteiger partial charge is 0.315 e. The van der Waals surface area contributed by atoms with E-state index < -0.39 is 89.2 Å². The molecule has 1 heterocycles. The molecule has 268 valence electrons. The first-order valence-corrected chi connectivity index (χ1v) is 17.7. The van der Waals surface area contributed by atoms with Gasteiger partial charge in [-0.1, -0.05) is 53.2 Å². The van der Waals surface area contributed by atoms with Gasteiger partial charge in [0.25, 0.3) is 0 Å². The van der Waals surface area contributed by atoms with Gasteiger partial charge in [0.05, 0.1) is 36.9 Å². The molecule has 8 N–H and O–H groups in total. The number of rotatable bonds is 4. The van der Waals surface area contributed by atoms with Crippen LogP contribution in [0.4, 0.5) is 0 Å². The maximum Gasteiger partial charge on any atom is 0.315 e. The molecule has 5 aliphatic carbocycles. The van der Waals surface area contributed by atoms with Crippen LogP contribution in [0.3, 0.4) is 0 Å². The minimum Gasteiger partial charge on any atom is -0.432 e. The van der Waals surface area contributed by atoms with Crippen molar-refractivity contribution in [2.45, 2.75) is 142 Å². The van der Waals surface area contributed by atoms with Gasteiger partial charge in [-0.15, -0.1) is 0 Å². The van der Waals surface area contributed by atoms with Gasteiger partial charge in [0.15, 0.2) is 0 Å². The highest BCUT2D eigenvalue weighted by atomic mass is 16.7. The van der Waals surface area contributed by atoms with Crippen LogP contribution in [0.25, 0.3) is 0 Å². The summed E-state index contributed by atoms with van der Waals surface area (Å²) in [6.07, 6.45) is -3.62. The van der Waals surface area contributed by atoms with E-state index in [0.29, 0.717) is 38.5 Å².